The fraction of sp³-hybridized carbons (Fsp3) is 0.545. The van der Waals surface area contributed by atoms with E-state index in [9.17, 15) is 4.79 Å². The summed E-state index contributed by atoms with van der Waals surface area (Å²) in [7, 11) is 0. The van der Waals surface area contributed by atoms with E-state index in [4.69, 9.17) is 16.3 Å². The van der Waals surface area contributed by atoms with Gasteiger partial charge in [-0.1, -0.05) is 43.0 Å². The zero-order chi connectivity index (χ0) is 19.3. The quantitative estimate of drug-likeness (QED) is 0.783. The highest BCUT2D eigenvalue weighted by Crippen LogP contribution is 2.32. The Morgan fingerprint density at radius 1 is 1.11 bits per heavy atom. The molecule has 2 aromatic rings. The molecule has 28 heavy (non-hydrogen) atoms. The molecule has 2 fully saturated rings. The minimum absolute atomic E-state index is 0.183. The number of anilines is 1. The minimum atomic E-state index is -0.294. The summed E-state index contributed by atoms with van der Waals surface area (Å²) in [5.74, 6) is 1.09. The van der Waals surface area contributed by atoms with Gasteiger partial charge in [-0.3, -0.25) is 4.79 Å². The molecule has 2 heterocycles. The molecule has 0 unspecified atom stereocenters. The SMILES string of the molecule is O=c1c(Cl)c(NC[C@H]2CCCOC2)cnn1-c1ccc(C2CCCCC2)cc1. The van der Waals surface area contributed by atoms with Crippen LogP contribution in [0.25, 0.3) is 5.69 Å². The van der Waals surface area contributed by atoms with Crippen LogP contribution in [0, 0.1) is 5.92 Å². The van der Waals surface area contributed by atoms with E-state index in [2.05, 4.69) is 22.5 Å². The van der Waals surface area contributed by atoms with Gasteiger partial charge in [0.1, 0.15) is 5.02 Å². The van der Waals surface area contributed by atoms with E-state index >= 15 is 0 Å². The fourth-order valence-corrected chi connectivity index (χ4v) is 4.48. The van der Waals surface area contributed by atoms with Crippen molar-refractivity contribution >= 4 is 17.3 Å². The normalized spacial score (nSPS) is 20.8. The van der Waals surface area contributed by atoms with Gasteiger partial charge in [-0.15, -0.1) is 0 Å². The number of aromatic nitrogens is 2. The van der Waals surface area contributed by atoms with E-state index in [1.165, 1.54) is 42.3 Å². The van der Waals surface area contributed by atoms with Crippen LogP contribution in [0.5, 0.6) is 0 Å². The topological polar surface area (TPSA) is 56.1 Å². The summed E-state index contributed by atoms with van der Waals surface area (Å²) in [6.45, 7) is 2.33. The Hall–Kier alpha value is -1.85. The van der Waals surface area contributed by atoms with E-state index in [0.29, 0.717) is 17.5 Å². The van der Waals surface area contributed by atoms with Crippen molar-refractivity contribution in [3.8, 4) is 5.69 Å². The standard InChI is InChI=1S/C22H28ClN3O2/c23-21-20(24-13-16-5-4-12-28-15-16)14-25-26(22(21)27)19-10-8-18(9-11-19)17-6-2-1-3-7-17/h8-11,14,16-17,24H,1-7,12-13,15H2/t16-/m1/s1. The molecule has 2 aliphatic rings. The van der Waals surface area contributed by atoms with Crippen molar-refractivity contribution in [2.24, 2.45) is 5.92 Å². The lowest BCUT2D eigenvalue weighted by Crippen LogP contribution is -2.26. The van der Waals surface area contributed by atoms with E-state index in [0.717, 1.165) is 38.3 Å². The molecule has 1 N–H and O–H groups in total. The number of ether oxygens (including phenoxy) is 1. The van der Waals surface area contributed by atoms with Gasteiger partial charge < -0.3 is 10.1 Å². The highest BCUT2D eigenvalue weighted by molar-refractivity contribution is 6.32. The largest absolute Gasteiger partial charge is 0.382 e. The van der Waals surface area contributed by atoms with Crippen molar-refractivity contribution in [2.45, 2.75) is 50.9 Å². The summed E-state index contributed by atoms with van der Waals surface area (Å²) in [5.41, 5.74) is 2.40. The molecule has 1 saturated heterocycles. The number of hydrogen-bond acceptors (Lipinski definition) is 4. The molecular weight excluding hydrogens is 374 g/mol. The molecular formula is C22H28ClN3O2. The first kappa shape index (κ1) is 19.5. The Morgan fingerprint density at radius 3 is 2.61 bits per heavy atom. The highest BCUT2D eigenvalue weighted by atomic mass is 35.5. The number of nitrogens with one attached hydrogen (secondary N) is 1. The number of rotatable bonds is 5. The number of benzene rings is 1. The Balaban J connectivity index is 1.47. The predicted molar refractivity (Wildman–Crippen MR) is 113 cm³/mol. The summed E-state index contributed by atoms with van der Waals surface area (Å²) in [4.78, 5) is 12.7. The molecule has 1 aliphatic heterocycles. The first-order valence-corrected chi connectivity index (χ1v) is 10.8. The number of nitrogens with zero attached hydrogens (tertiary/aromatic N) is 2. The van der Waals surface area contributed by atoms with Gasteiger partial charge in [-0.2, -0.15) is 9.78 Å². The average Bonchev–Trinajstić information content (AvgIpc) is 2.76. The van der Waals surface area contributed by atoms with Crippen molar-refractivity contribution in [1.29, 1.82) is 0 Å². The van der Waals surface area contributed by atoms with Crippen LogP contribution < -0.4 is 10.9 Å². The first-order chi connectivity index (χ1) is 13.7. The van der Waals surface area contributed by atoms with Gasteiger partial charge in [0, 0.05) is 13.2 Å². The molecule has 6 heteroatoms. The second kappa shape index (κ2) is 9.10. The molecule has 1 aromatic heterocycles. The van der Waals surface area contributed by atoms with E-state index < -0.39 is 0 Å². The van der Waals surface area contributed by atoms with Crippen LogP contribution in [0.15, 0.2) is 35.3 Å². The fourth-order valence-electron chi connectivity index (χ4n) is 4.29. The van der Waals surface area contributed by atoms with Crippen LogP contribution in [0.3, 0.4) is 0 Å². The highest BCUT2D eigenvalue weighted by Gasteiger charge is 2.17. The number of hydrogen-bond donors (Lipinski definition) is 1. The molecule has 150 valence electrons. The molecule has 0 bridgehead atoms. The van der Waals surface area contributed by atoms with Crippen LogP contribution in [0.2, 0.25) is 5.02 Å². The maximum Gasteiger partial charge on any atom is 0.292 e. The van der Waals surface area contributed by atoms with Gasteiger partial charge in [0.25, 0.3) is 5.56 Å². The smallest absolute Gasteiger partial charge is 0.292 e. The Labute approximate surface area is 171 Å². The van der Waals surface area contributed by atoms with Crippen molar-refractivity contribution in [3.63, 3.8) is 0 Å². The lowest BCUT2D eigenvalue weighted by Gasteiger charge is -2.23. The zero-order valence-corrected chi connectivity index (χ0v) is 17.0. The van der Waals surface area contributed by atoms with Crippen LogP contribution in [0.4, 0.5) is 5.69 Å². The molecule has 0 spiro atoms. The van der Waals surface area contributed by atoms with Crippen molar-refractivity contribution < 1.29 is 4.74 Å². The van der Waals surface area contributed by atoms with E-state index in [1.54, 1.807) is 6.20 Å². The van der Waals surface area contributed by atoms with Gasteiger partial charge >= 0.3 is 0 Å². The van der Waals surface area contributed by atoms with Gasteiger partial charge in [-0.05, 0) is 55.2 Å². The molecule has 5 nitrogen and oxygen atoms in total. The Morgan fingerprint density at radius 2 is 1.89 bits per heavy atom. The second-order valence-electron chi connectivity index (χ2n) is 7.98. The third-order valence-electron chi connectivity index (χ3n) is 5.97. The van der Waals surface area contributed by atoms with Crippen LogP contribution >= 0.6 is 11.6 Å². The monoisotopic (exact) mass is 401 g/mol. The lowest BCUT2D eigenvalue weighted by atomic mass is 9.84. The molecule has 4 rings (SSSR count). The molecule has 0 radical (unpaired) electrons. The second-order valence-corrected chi connectivity index (χ2v) is 8.36. The number of halogens is 1. The first-order valence-electron chi connectivity index (χ1n) is 10.4. The van der Waals surface area contributed by atoms with Crippen LogP contribution in [-0.4, -0.2) is 29.5 Å². The Kier molecular flexibility index (Phi) is 6.33. The van der Waals surface area contributed by atoms with Gasteiger partial charge in [-0.25, -0.2) is 0 Å². The molecule has 0 amide bonds. The van der Waals surface area contributed by atoms with Gasteiger partial charge in [0.2, 0.25) is 0 Å². The molecule has 1 saturated carbocycles. The van der Waals surface area contributed by atoms with Crippen LogP contribution in [0.1, 0.15) is 56.4 Å². The summed E-state index contributed by atoms with van der Waals surface area (Å²) < 4.78 is 6.88. The summed E-state index contributed by atoms with van der Waals surface area (Å²) in [5, 5.41) is 7.79. The predicted octanol–water partition coefficient (Wildman–Crippen LogP) is 4.77. The maximum absolute atomic E-state index is 12.7. The van der Waals surface area contributed by atoms with E-state index in [1.807, 2.05) is 12.1 Å². The average molecular weight is 402 g/mol. The van der Waals surface area contributed by atoms with Gasteiger partial charge in [0.05, 0.1) is 24.2 Å². The summed E-state index contributed by atoms with van der Waals surface area (Å²) >= 11 is 6.35. The van der Waals surface area contributed by atoms with Crippen molar-refractivity contribution in [3.05, 3.63) is 51.4 Å². The maximum atomic E-state index is 12.7. The Bertz CT molecular complexity index is 838. The van der Waals surface area contributed by atoms with Gasteiger partial charge in [0.15, 0.2) is 0 Å². The van der Waals surface area contributed by atoms with Crippen LogP contribution in [-0.2, 0) is 4.74 Å². The zero-order valence-electron chi connectivity index (χ0n) is 16.2. The van der Waals surface area contributed by atoms with E-state index in [-0.39, 0.29) is 10.6 Å². The molecule has 1 atom stereocenters. The van der Waals surface area contributed by atoms with Crippen molar-refractivity contribution in [2.75, 3.05) is 25.1 Å². The minimum Gasteiger partial charge on any atom is -0.382 e. The lowest BCUT2D eigenvalue weighted by molar-refractivity contribution is 0.0595. The molecule has 1 aromatic carbocycles. The molecule has 1 aliphatic carbocycles. The summed E-state index contributed by atoms with van der Waals surface area (Å²) in [6, 6.07) is 8.20. The third-order valence-corrected chi connectivity index (χ3v) is 6.33. The third kappa shape index (κ3) is 4.41. The van der Waals surface area contributed by atoms with Crippen molar-refractivity contribution in [1.82, 2.24) is 9.78 Å². The summed E-state index contributed by atoms with van der Waals surface area (Å²) in [6.07, 6.45) is 10.3.